The van der Waals surface area contributed by atoms with E-state index in [0.717, 1.165) is 25.0 Å². The Hall–Kier alpha value is -1.19. The Kier molecular flexibility index (Phi) is 3.36. The smallest absolute Gasteiger partial charge is 0.194 e. The van der Waals surface area contributed by atoms with Crippen LogP contribution in [0.25, 0.3) is 0 Å². The summed E-state index contributed by atoms with van der Waals surface area (Å²) in [5.41, 5.74) is 0. The van der Waals surface area contributed by atoms with Crippen LogP contribution in [0.1, 0.15) is 25.7 Å². The number of halogens is 3. The van der Waals surface area contributed by atoms with Crippen molar-refractivity contribution in [2.75, 3.05) is 6.61 Å². The van der Waals surface area contributed by atoms with Crippen LogP contribution in [-0.2, 0) is 0 Å². The first-order valence-corrected chi connectivity index (χ1v) is 5.44. The van der Waals surface area contributed by atoms with Crippen molar-refractivity contribution in [1.82, 2.24) is 0 Å². The molecule has 1 aromatic rings. The minimum atomic E-state index is -1.45. The number of hydrogen-bond donors (Lipinski definition) is 0. The largest absolute Gasteiger partial charge is 0.493 e. The van der Waals surface area contributed by atoms with Crippen LogP contribution in [0.4, 0.5) is 13.2 Å². The van der Waals surface area contributed by atoms with Crippen LogP contribution in [0.15, 0.2) is 12.1 Å². The van der Waals surface area contributed by atoms with Crippen molar-refractivity contribution in [3.63, 3.8) is 0 Å². The second-order valence-corrected chi connectivity index (χ2v) is 4.16. The molecule has 1 nitrogen and oxygen atoms in total. The van der Waals surface area contributed by atoms with Crippen molar-refractivity contribution in [2.45, 2.75) is 25.7 Å². The van der Waals surface area contributed by atoms with Gasteiger partial charge in [-0.05, 0) is 18.8 Å². The SMILES string of the molecule is Fc1cc(OCC2CCCC2)cc(F)c1F. The molecule has 88 valence electrons. The van der Waals surface area contributed by atoms with Crippen LogP contribution in [0.5, 0.6) is 5.75 Å². The minimum absolute atomic E-state index is 0.0586. The first-order chi connectivity index (χ1) is 7.66. The van der Waals surface area contributed by atoms with Gasteiger partial charge in [-0.3, -0.25) is 0 Å². The van der Waals surface area contributed by atoms with Crippen LogP contribution < -0.4 is 4.74 Å². The molecular formula is C12H13F3O. The van der Waals surface area contributed by atoms with Crippen LogP contribution in [0.3, 0.4) is 0 Å². The highest BCUT2D eigenvalue weighted by molar-refractivity contribution is 5.25. The predicted octanol–water partition coefficient (Wildman–Crippen LogP) is 3.67. The number of rotatable bonds is 3. The van der Waals surface area contributed by atoms with Gasteiger partial charge >= 0.3 is 0 Å². The van der Waals surface area contributed by atoms with Gasteiger partial charge in [0.25, 0.3) is 0 Å². The van der Waals surface area contributed by atoms with E-state index in [4.69, 9.17) is 4.74 Å². The fourth-order valence-electron chi connectivity index (χ4n) is 2.01. The van der Waals surface area contributed by atoms with Gasteiger partial charge in [-0.1, -0.05) is 12.8 Å². The van der Waals surface area contributed by atoms with Crippen molar-refractivity contribution in [3.05, 3.63) is 29.6 Å². The van der Waals surface area contributed by atoms with Gasteiger partial charge in [0.1, 0.15) is 5.75 Å². The highest BCUT2D eigenvalue weighted by Gasteiger charge is 2.17. The molecule has 1 fully saturated rings. The molecule has 0 bridgehead atoms. The molecule has 0 heterocycles. The molecule has 16 heavy (non-hydrogen) atoms. The van der Waals surface area contributed by atoms with E-state index in [2.05, 4.69) is 0 Å². The molecule has 0 N–H and O–H groups in total. The third-order valence-electron chi connectivity index (χ3n) is 2.92. The zero-order valence-electron chi connectivity index (χ0n) is 8.81. The number of ether oxygens (including phenoxy) is 1. The number of hydrogen-bond acceptors (Lipinski definition) is 1. The quantitative estimate of drug-likeness (QED) is 0.720. The van der Waals surface area contributed by atoms with Crippen LogP contribution in [-0.4, -0.2) is 6.61 Å². The fourth-order valence-corrected chi connectivity index (χ4v) is 2.01. The Morgan fingerprint density at radius 2 is 1.62 bits per heavy atom. The summed E-state index contributed by atoms with van der Waals surface area (Å²) < 4.78 is 43.6. The molecule has 1 aromatic carbocycles. The highest BCUT2D eigenvalue weighted by atomic mass is 19.2. The topological polar surface area (TPSA) is 9.23 Å². The van der Waals surface area contributed by atoms with Gasteiger partial charge < -0.3 is 4.74 Å². The maximum absolute atomic E-state index is 12.8. The second-order valence-electron chi connectivity index (χ2n) is 4.16. The maximum atomic E-state index is 12.8. The molecule has 0 saturated heterocycles. The molecule has 0 spiro atoms. The molecule has 0 amide bonds. The molecular weight excluding hydrogens is 217 g/mol. The van der Waals surface area contributed by atoms with E-state index < -0.39 is 17.5 Å². The molecule has 1 aliphatic rings. The Morgan fingerprint density at radius 3 is 2.19 bits per heavy atom. The first-order valence-electron chi connectivity index (χ1n) is 5.44. The normalized spacial score (nSPS) is 16.7. The lowest BCUT2D eigenvalue weighted by atomic mass is 10.1. The first kappa shape index (κ1) is 11.3. The summed E-state index contributed by atoms with van der Waals surface area (Å²) in [6.07, 6.45) is 4.54. The van der Waals surface area contributed by atoms with E-state index in [1.54, 1.807) is 0 Å². The Balaban J connectivity index is 1.98. The summed E-state index contributed by atoms with van der Waals surface area (Å²) in [5.74, 6) is -3.35. The molecule has 1 saturated carbocycles. The van der Waals surface area contributed by atoms with Gasteiger partial charge in [-0.15, -0.1) is 0 Å². The van der Waals surface area contributed by atoms with Crippen molar-refractivity contribution >= 4 is 0 Å². The van der Waals surface area contributed by atoms with Crippen LogP contribution >= 0.6 is 0 Å². The molecule has 0 aliphatic heterocycles. The van der Waals surface area contributed by atoms with E-state index in [0.29, 0.717) is 12.5 Å². The van der Waals surface area contributed by atoms with E-state index in [1.165, 1.54) is 12.8 Å². The van der Waals surface area contributed by atoms with Gasteiger partial charge in [-0.2, -0.15) is 0 Å². The Bertz CT molecular complexity index is 350. The Labute approximate surface area is 92.2 Å². The number of benzene rings is 1. The fraction of sp³-hybridized carbons (Fsp3) is 0.500. The van der Waals surface area contributed by atoms with Gasteiger partial charge in [0, 0.05) is 12.1 Å². The third-order valence-corrected chi connectivity index (χ3v) is 2.92. The summed E-state index contributed by atoms with van der Waals surface area (Å²) in [4.78, 5) is 0. The van der Waals surface area contributed by atoms with E-state index in [1.807, 2.05) is 0 Å². The molecule has 4 heteroatoms. The van der Waals surface area contributed by atoms with Crippen molar-refractivity contribution < 1.29 is 17.9 Å². The summed E-state index contributed by atoms with van der Waals surface area (Å²) in [6, 6.07) is 1.76. The molecule has 0 atom stereocenters. The van der Waals surface area contributed by atoms with Gasteiger partial charge in [0.15, 0.2) is 17.5 Å². The predicted molar refractivity (Wildman–Crippen MR) is 53.8 cm³/mol. The van der Waals surface area contributed by atoms with Crippen molar-refractivity contribution in [3.8, 4) is 5.75 Å². The zero-order chi connectivity index (χ0) is 11.5. The summed E-state index contributed by atoms with van der Waals surface area (Å²) in [6.45, 7) is 0.449. The standard InChI is InChI=1S/C12H13F3O/c13-10-5-9(6-11(14)12(10)15)16-7-8-3-1-2-4-8/h5-6,8H,1-4,7H2. The second kappa shape index (κ2) is 4.76. The molecule has 0 unspecified atom stereocenters. The van der Waals surface area contributed by atoms with Crippen molar-refractivity contribution in [1.29, 1.82) is 0 Å². The van der Waals surface area contributed by atoms with E-state index in [9.17, 15) is 13.2 Å². The molecule has 2 rings (SSSR count). The molecule has 0 aromatic heterocycles. The van der Waals surface area contributed by atoms with Gasteiger partial charge in [-0.25, -0.2) is 13.2 Å². The average molecular weight is 230 g/mol. The summed E-state index contributed by atoms with van der Waals surface area (Å²) in [7, 11) is 0. The monoisotopic (exact) mass is 230 g/mol. The van der Waals surface area contributed by atoms with Crippen molar-refractivity contribution in [2.24, 2.45) is 5.92 Å². The average Bonchev–Trinajstić information content (AvgIpc) is 2.75. The highest BCUT2D eigenvalue weighted by Crippen LogP contribution is 2.26. The van der Waals surface area contributed by atoms with E-state index in [-0.39, 0.29) is 5.75 Å². The summed E-state index contributed by atoms with van der Waals surface area (Å²) in [5, 5.41) is 0. The maximum Gasteiger partial charge on any atom is 0.194 e. The lowest BCUT2D eigenvalue weighted by molar-refractivity contribution is 0.249. The van der Waals surface area contributed by atoms with Crippen LogP contribution in [0.2, 0.25) is 0 Å². The van der Waals surface area contributed by atoms with Gasteiger partial charge in [0.2, 0.25) is 0 Å². The Morgan fingerprint density at radius 1 is 1.06 bits per heavy atom. The minimum Gasteiger partial charge on any atom is -0.493 e. The lowest BCUT2D eigenvalue weighted by Gasteiger charge is -2.11. The lowest BCUT2D eigenvalue weighted by Crippen LogP contribution is -2.08. The zero-order valence-corrected chi connectivity index (χ0v) is 8.81. The molecule has 1 aliphatic carbocycles. The van der Waals surface area contributed by atoms with Gasteiger partial charge in [0.05, 0.1) is 6.61 Å². The van der Waals surface area contributed by atoms with Crippen LogP contribution in [0, 0.1) is 23.4 Å². The molecule has 0 radical (unpaired) electrons. The third kappa shape index (κ3) is 2.49. The summed E-state index contributed by atoms with van der Waals surface area (Å²) >= 11 is 0. The van der Waals surface area contributed by atoms with E-state index >= 15 is 0 Å².